The molecule has 0 aliphatic rings. The molecule has 0 amide bonds. The first-order valence-corrected chi connectivity index (χ1v) is 7.22. The molecule has 3 nitrogen and oxygen atoms in total. The molecule has 0 fully saturated rings. The Hall–Kier alpha value is -2.55. The van der Waals surface area contributed by atoms with Crippen molar-refractivity contribution < 1.29 is 0 Å². The third-order valence-electron chi connectivity index (χ3n) is 3.71. The van der Waals surface area contributed by atoms with Gasteiger partial charge in [0.2, 0.25) is 0 Å². The predicted octanol–water partition coefficient (Wildman–Crippen LogP) is 3.84. The second-order valence-corrected chi connectivity index (χ2v) is 5.08. The second-order valence-electron chi connectivity index (χ2n) is 5.08. The van der Waals surface area contributed by atoms with Gasteiger partial charge in [0.15, 0.2) is 0 Å². The zero-order valence-corrected chi connectivity index (χ0v) is 12.2. The number of benzene rings is 2. The number of para-hydroxylation sites is 2. The van der Waals surface area contributed by atoms with Crippen LogP contribution in [0.25, 0.3) is 10.9 Å². The predicted molar refractivity (Wildman–Crippen MR) is 89.3 cm³/mol. The lowest BCUT2D eigenvalue weighted by atomic mass is 10.1. The fourth-order valence-corrected chi connectivity index (χ4v) is 2.47. The van der Waals surface area contributed by atoms with E-state index in [0.717, 1.165) is 41.1 Å². The van der Waals surface area contributed by atoms with E-state index < -0.39 is 0 Å². The molecule has 0 bridgehead atoms. The summed E-state index contributed by atoms with van der Waals surface area (Å²) in [6.07, 6.45) is 0. The summed E-state index contributed by atoms with van der Waals surface area (Å²) >= 11 is 0. The lowest BCUT2D eigenvalue weighted by Gasteiger charge is -2.23. The highest BCUT2D eigenvalue weighted by molar-refractivity contribution is 5.80. The van der Waals surface area contributed by atoms with Crippen LogP contribution in [0, 0.1) is 0 Å². The van der Waals surface area contributed by atoms with Gasteiger partial charge in [0, 0.05) is 24.2 Å². The van der Waals surface area contributed by atoms with Crippen molar-refractivity contribution >= 4 is 22.4 Å². The number of fused-ring (bicyclic) bond motifs is 1. The standard InChI is InChI=1S/C18H19N3/c1-2-21(13-15-8-3-5-9-16(15)19)18-12-11-14-7-4-6-10-17(14)20-18/h3-12H,2,13,19H2,1H3. The summed E-state index contributed by atoms with van der Waals surface area (Å²) in [6.45, 7) is 3.80. The maximum Gasteiger partial charge on any atom is 0.129 e. The average molecular weight is 277 g/mol. The molecule has 3 aromatic rings. The molecule has 0 saturated heterocycles. The van der Waals surface area contributed by atoms with Gasteiger partial charge in [-0.15, -0.1) is 0 Å². The highest BCUT2D eigenvalue weighted by Crippen LogP contribution is 2.21. The molecule has 0 aliphatic heterocycles. The van der Waals surface area contributed by atoms with E-state index in [4.69, 9.17) is 10.7 Å². The Balaban J connectivity index is 1.93. The van der Waals surface area contributed by atoms with Gasteiger partial charge in [-0.1, -0.05) is 36.4 Å². The fraction of sp³-hybridized carbons (Fsp3) is 0.167. The molecule has 2 aromatic carbocycles. The molecule has 1 aromatic heterocycles. The van der Waals surface area contributed by atoms with E-state index in [-0.39, 0.29) is 0 Å². The minimum Gasteiger partial charge on any atom is -0.398 e. The van der Waals surface area contributed by atoms with Gasteiger partial charge in [-0.05, 0) is 36.8 Å². The molecule has 0 spiro atoms. The third-order valence-corrected chi connectivity index (χ3v) is 3.71. The third kappa shape index (κ3) is 2.82. The SMILES string of the molecule is CCN(Cc1ccccc1N)c1ccc2ccccc2n1. The minimum absolute atomic E-state index is 0.772. The summed E-state index contributed by atoms with van der Waals surface area (Å²) in [5, 5.41) is 1.16. The van der Waals surface area contributed by atoms with Crippen LogP contribution in [-0.4, -0.2) is 11.5 Å². The van der Waals surface area contributed by atoms with Crippen molar-refractivity contribution in [3.05, 3.63) is 66.2 Å². The monoisotopic (exact) mass is 277 g/mol. The van der Waals surface area contributed by atoms with Crippen molar-refractivity contribution in [2.24, 2.45) is 0 Å². The molecular weight excluding hydrogens is 258 g/mol. The van der Waals surface area contributed by atoms with Crippen molar-refractivity contribution in [1.82, 2.24) is 4.98 Å². The zero-order chi connectivity index (χ0) is 14.7. The van der Waals surface area contributed by atoms with E-state index in [1.54, 1.807) is 0 Å². The molecule has 0 unspecified atom stereocenters. The molecule has 21 heavy (non-hydrogen) atoms. The molecule has 0 atom stereocenters. The number of pyridine rings is 1. The molecule has 0 radical (unpaired) electrons. The number of nitrogens with zero attached hydrogens (tertiary/aromatic N) is 2. The van der Waals surface area contributed by atoms with Gasteiger partial charge in [-0.3, -0.25) is 0 Å². The minimum atomic E-state index is 0.772. The maximum atomic E-state index is 6.05. The van der Waals surface area contributed by atoms with Crippen molar-refractivity contribution in [2.75, 3.05) is 17.2 Å². The van der Waals surface area contributed by atoms with E-state index in [9.17, 15) is 0 Å². The lowest BCUT2D eigenvalue weighted by molar-refractivity contribution is 0.818. The van der Waals surface area contributed by atoms with Crippen molar-refractivity contribution in [3.63, 3.8) is 0 Å². The molecule has 0 saturated carbocycles. The fourth-order valence-electron chi connectivity index (χ4n) is 2.47. The van der Waals surface area contributed by atoms with E-state index in [0.29, 0.717) is 0 Å². The van der Waals surface area contributed by atoms with Crippen LogP contribution in [0.3, 0.4) is 0 Å². The van der Waals surface area contributed by atoms with Gasteiger partial charge in [0.1, 0.15) is 5.82 Å². The normalized spacial score (nSPS) is 10.7. The van der Waals surface area contributed by atoms with Crippen LogP contribution in [0.2, 0.25) is 0 Å². The summed E-state index contributed by atoms with van der Waals surface area (Å²) in [7, 11) is 0. The van der Waals surface area contributed by atoms with E-state index in [1.807, 2.05) is 36.4 Å². The van der Waals surface area contributed by atoms with Crippen LogP contribution in [-0.2, 0) is 6.54 Å². The molecule has 106 valence electrons. The van der Waals surface area contributed by atoms with Gasteiger partial charge in [-0.2, -0.15) is 0 Å². The van der Waals surface area contributed by atoms with Crippen LogP contribution in [0.5, 0.6) is 0 Å². The first-order chi connectivity index (χ1) is 10.3. The van der Waals surface area contributed by atoms with Crippen LogP contribution in [0.4, 0.5) is 11.5 Å². The maximum absolute atomic E-state index is 6.05. The summed E-state index contributed by atoms with van der Waals surface area (Å²) in [5.41, 5.74) is 9.03. The molecular formula is C18H19N3. The van der Waals surface area contributed by atoms with E-state index in [1.165, 1.54) is 0 Å². The summed E-state index contributed by atoms with van der Waals surface area (Å²) in [4.78, 5) is 6.99. The topological polar surface area (TPSA) is 42.1 Å². The smallest absolute Gasteiger partial charge is 0.129 e. The van der Waals surface area contributed by atoms with Crippen molar-refractivity contribution in [3.8, 4) is 0 Å². The van der Waals surface area contributed by atoms with Crippen LogP contribution >= 0.6 is 0 Å². The zero-order valence-electron chi connectivity index (χ0n) is 12.2. The molecule has 3 rings (SSSR count). The number of hydrogen-bond acceptors (Lipinski definition) is 3. The highest BCUT2D eigenvalue weighted by Gasteiger charge is 2.09. The van der Waals surface area contributed by atoms with Gasteiger partial charge in [0.25, 0.3) is 0 Å². The lowest BCUT2D eigenvalue weighted by Crippen LogP contribution is -2.23. The summed E-state index contributed by atoms with van der Waals surface area (Å²) in [5.74, 6) is 0.986. The average Bonchev–Trinajstić information content (AvgIpc) is 2.54. The molecule has 0 aliphatic carbocycles. The van der Waals surface area contributed by atoms with Gasteiger partial charge in [0.05, 0.1) is 5.52 Å². The first kappa shape index (κ1) is 13.4. The van der Waals surface area contributed by atoms with Gasteiger partial charge >= 0.3 is 0 Å². The Morgan fingerprint density at radius 2 is 1.71 bits per heavy atom. The number of nitrogens with two attached hydrogens (primary N) is 1. The summed E-state index contributed by atoms with van der Waals surface area (Å²) in [6, 6.07) is 20.4. The second kappa shape index (κ2) is 5.83. The van der Waals surface area contributed by atoms with Crippen molar-refractivity contribution in [2.45, 2.75) is 13.5 Å². The van der Waals surface area contributed by atoms with Gasteiger partial charge in [-0.25, -0.2) is 4.98 Å². The highest BCUT2D eigenvalue weighted by atomic mass is 15.2. The van der Waals surface area contributed by atoms with Crippen LogP contribution in [0.1, 0.15) is 12.5 Å². The van der Waals surface area contributed by atoms with Crippen LogP contribution in [0.15, 0.2) is 60.7 Å². The van der Waals surface area contributed by atoms with Crippen LogP contribution < -0.4 is 10.6 Å². The van der Waals surface area contributed by atoms with E-state index >= 15 is 0 Å². The Morgan fingerprint density at radius 3 is 2.52 bits per heavy atom. The molecule has 3 heteroatoms. The number of anilines is 2. The van der Waals surface area contributed by atoms with Gasteiger partial charge < -0.3 is 10.6 Å². The number of nitrogen functional groups attached to an aromatic ring is 1. The molecule has 1 heterocycles. The number of aromatic nitrogens is 1. The largest absolute Gasteiger partial charge is 0.398 e. The Labute approximate surface area is 125 Å². The number of hydrogen-bond donors (Lipinski definition) is 1. The van der Waals surface area contributed by atoms with Crippen molar-refractivity contribution in [1.29, 1.82) is 0 Å². The Kier molecular flexibility index (Phi) is 3.73. The van der Waals surface area contributed by atoms with E-state index in [2.05, 4.69) is 36.1 Å². The number of rotatable bonds is 4. The first-order valence-electron chi connectivity index (χ1n) is 7.22. The Morgan fingerprint density at radius 1 is 0.952 bits per heavy atom. The summed E-state index contributed by atoms with van der Waals surface area (Å²) < 4.78 is 0. The quantitative estimate of drug-likeness (QED) is 0.737. The molecule has 2 N–H and O–H groups in total. The Bertz CT molecular complexity index is 752.